The van der Waals surface area contributed by atoms with Crippen LogP contribution in [0.1, 0.15) is 32.4 Å². The lowest BCUT2D eigenvalue weighted by Gasteiger charge is -2.30. The van der Waals surface area contributed by atoms with Crippen molar-refractivity contribution in [2.45, 2.75) is 26.8 Å². The van der Waals surface area contributed by atoms with Crippen LogP contribution < -0.4 is 15.4 Å². The van der Waals surface area contributed by atoms with E-state index in [1.807, 2.05) is 6.92 Å². The van der Waals surface area contributed by atoms with Gasteiger partial charge in [0.05, 0.1) is 29.3 Å². The minimum absolute atomic E-state index is 0.00972. The molecule has 0 bridgehead atoms. The predicted molar refractivity (Wildman–Crippen MR) is 97.9 cm³/mol. The molecule has 24 heavy (non-hydrogen) atoms. The number of rotatable bonds is 5. The first kappa shape index (κ1) is 18.5. The summed E-state index contributed by atoms with van der Waals surface area (Å²) >= 11 is 8.52. The maximum absolute atomic E-state index is 12.4. The van der Waals surface area contributed by atoms with E-state index in [1.165, 1.54) is 0 Å². The van der Waals surface area contributed by atoms with Gasteiger partial charge >= 0.3 is 5.97 Å². The Bertz CT molecular complexity index is 706. The number of hydrogen-bond donors (Lipinski definition) is 3. The summed E-state index contributed by atoms with van der Waals surface area (Å²) in [5.41, 5.74) is 1.78. The Labute approximate surface area is 154 Å². The number of phenols is 1. The Morgan fingerprint density at radius 3 is 2.71 bits per heavy atom. The van der Waals surface area contributed by atoms with E-state index in [-0.39, 0.29) is 12.4 Å². The summed E-state index contributed by atoms with van der Waals surface area (Å²) in [6.45, 7) is 6.02. The molecule has 1 heterocycles. The average molecular weight is 415 g/mol. The van der Waals surface area contributed by atoms with Gasteiger partial charge in [-0.25, -0.2) is 4.79 Å². The van der Waals surface area contributed by atoms with Crippen LogP contribution in [-0.2, 0) is 9.53 Å². The second-order valence-corrected chi connectivity index (χ2v) is 6.34. The molecule has 0 fully saturated rings. The van der Waals surface area contributed by atoms with Crippen molar-refractivity contribution in [1.29, 1.82) is 0 Å². The minimum atomic E-state index is -0.506. The molecule has 1 aromatic carbocycles. The molecule has 6 nitrogen and oxygen atoms in total. The number of carbonyl (C=O) groups excluding carboxylic acids is 1. The molecule has 1 atom stereocenters. The van der Waals surface area contributed by atoms with Gasteiger partial charge in [-0.3, -0.25) is 0 Å². The number of halogens is 1. The Hall–Kier alpha value is -1.80. The molecule has 0 radical (unpaired) electrons. The number of esters is 1. The fraction of sp³-hybridized carbons (Fsp3) is 0.375. The van der Waals surface area contributed by atoms with E-state index in [4.69, 9.17) is 21.7 Å². The molecule has 0 spiro atoms. The molecule has 8 heteroatoms. The third kappa shape index (κ3) is 3.81. The lowest BCUT2D eigenvalue weighted by Crippen LogP contribution is -2.45. The van der Waals surface area contributed by atoms with E-state index in [0.717, 1.165) is 5.56 Å². The number of nitrogens with one attached hydrogen (secondary N) is 2. The molecule has 0 saturated heterocycles. The van der Waals surface area contributed by atoms with E-state index in [0.29, 0.717) is 33.2 Å². The highest BCUT2D eigenvalue weighted by atomic mass is 79.9. The number of thiocarbonyl (C=S) groups is 1. The highest BCUT2D eigenvalue weighted by Gasteiger charge is 2.31. The third-order valence-electron chi connectivity index (χ3n) is 3.45. The van der Waals surface area contributed by atoms with Crippen LogP contribution >= 0.6 is 28.1 Å². The molecule has 130 valence electrons. The van der Waals surface area contributed by atoms with E-state index >= 15 is 0 Å². The van der Waals surface area contributed by atoms with Gasteiger partial charge in [0.15, 0.2) is 16.6 Å². The van der Waals surface area contributed by atoms with Gasteiger partial charge in [-0.1, -0.05) is 0 Å². The number of ether oxygens (including phenoxy) is 2. The molecule has 2 rings (SSSR count). The van der Waals surface area contributed by atoms with Crippen molar-refractivity contribution in [3.63, 3.8) is 0 Å². The summed E-state index contributed by atoms with van der Waals surface area (Å²) in [5, 5.41) is 16.5. The van der Waals surface area contributed by atoms with Crippen molar-refractivity contribution in [1.82, 2.24) is 10.6 Å². The molecule has 3 N–H and O–H groups in total. The van der Waals surface area contributed by atoms with Gasteiger partial charge in [0.25, 0.3) is 0 Å². The van der Waals surface area contributed by atoms with Gasteiger partial charge in [-0.05, 0) is 66.6 Å². The van der Waals surface area contributed by atoms with Gasteiger partial charge < -0.3 is 25.2 Å². The maximum Gasteiger partial charge on any atom is 0.338 e. The lowest BCUT2D eigenvalue weighted by molar-refractivity contribution is -0.139. The highest BCUT2D eigenvalue weighted by Crippen LogP contribution is 2.39. The van der Waals surface area contributed by atoms with Crippen molar-refractivity contribution < 1.29 is 19.4 Å². The summed E-state index contributed by atoms with van der Waals surface area (Å²) in [5.74, 6) is -0.0888. The first-order chi connectivity index (χ1) is 11.4. The number of hydrogen-bond acceptors (Lipinski definition) is 5. The van der Waals surface area contributed by atoms with Gasteiger partial charge in [0.1, 0.15) is 0 Å². The van der Waals surface area contributed by atoms with E-state index in [1.54, 1.807) is 26.0 Å². The second-order valence-electron chi connectivity index (χ2n) is 5.07. The van der Waals surface area contributed by atoms with Crippen molar-refractivity contribution in [3.05, 3.63) is 33.4 Å². The largest absolute Gasteiger partial charge is 0.503 e. The fourth-order valence-electron chi connectivity index (χ4n) is 2.45. The summed E-state index contributed by atoms with van der Waals surface area (Å²) in [6.07, 6.45) is 0. The van der Waals surface area contributed by atoms with E-state index in [9.17, 15) is 9.90 Å². The molecular weight excluding hydrogens is 396 g/mol. The Morgan fingerprint density at radius 2 is 2.08 bits per heavy atom. The highest BCUT2D eigenvalue weighted by molar-refractivity contribution is 9.10. The molecular formula is C16H19BrN2O4S. The number of phenolic OH excluding ortho intramolecular Hbond substituents is 1. The van der Waals surface area contributed by atoms with Crippen molar-refractivity contribution in [3.8, 4) is 11.5 Å². The van der Waals surface area contributed by atoms with Crippen molar-refractivity contribution >= 4 is 39.2 Å². The van der Waals surface area contributed by atoms with Gasteiger partial charge in [-0.2, -0.15) is 0 Å². The molecule has 0 aliphatic carbocycles. The van der Waals surface area contributed by atoms with Crippen LogP contribution in [0.2, 0.25) is 0 Å². The van der Waals surface area contributed by atoms with E-state index < -0.39 is 12.0 Å². The number of benzene rings is 1. The third-order valence-corrected chi connectivity index (χ3v) is 4.27. The first-order valence-corrected chi connectivity index (χ1v) is 8.69. The van der Waals surface area contributed by atoms with Gasteiger partial charge in [-0.15, -0.1) is 0 Å². The zero-order valence-electron chi connectivity index (χ0n) is 13.6. The quantitative estimate of drug-likeness (QED) is 0.504. The molecule has 1 unspecified atom stereocenters. The van der Waals surface area contributed by atoms with Gasteiger partial charge in [0, 0.05) is 5.70 Å². The van der Waals surface area contributed by atoms with Crippen LogP contribution in [0.25, 0.3) is 0 Å². The number of aromatic hydroxyl groups is 1. The molecule has 0 amide bonds. The van der Waals surface area contributed by atoms with Crippen LogP contribution in [0.4, 0.5) is 0 Å². The zero-order valence-corrected chi connectivity index (χ0v) is 16.0. The monoisotopic (exact) mass is 414 g/mol. The summed E-state index contributed by atoms with van der Waals surface area (Å²) in [4.78, 5) is 12.4. The summed E-state index contributed by atoms with van der Waals surface area (Å²) in [6, 6.07) is 2.89. The molecule has 1 aromatic rings. The second kappa shape index (κ2) is 7.85. The van der Waals surface area contributed by atoms with Crippen LogP contribution in [0.3, 0.4) is 0 Å². The van der Waals surface area contributed by atoms with Crippen molar-refractivity contribution in [2.24, 2.45) is 0 Å². The van der Waals surface area contributed by atoms with Crippen molar-refractivity contribution in [2.75, 3.05) is 13.2 Å². The number of allylic oxidation sites excluding steroid dienone is 1. The molecule has 0 saturated carbocycles. The van der Waals surface area contributed by atoms with Crippen LogP contribution in [0, 0.1) is 0 Å². The maximum atomic E-state index is 12.4. The molecule has 1 aliphatic heterocycles. The first-order valence-electron chi connectivity index (χ1n) is 7.49. The Balaban J connectivity index is 2.53. The lowest BCUT2D eigenvalue weighted by atomic mass is 9.95. The van der Waals surface area contributed by atoms with Crippen LogP contribution in [0.5, 0.6) is 11.5 Å². The topological polar surface area (TPSA) is 79.8 Å². The SMILES string of the molecule is CCOC(=O)C1=C(C)NC(=S)NC1c1cc(Br)c(O)c(OCC)c1. The summed E-state index contributed by atoms with van der Waals surface area (Å²) < 4.78 is 11.1. The Morgan fingerprint density at radius 1 is 1.38 bits per heavy atom. The normalized spacial score (nSPS) is 17.2. The number of carbonyl (C=O) groups is 1. The van der Waals surface area contributed by atoms with Gasteiger partial charge in [0.2, 0.25) is 0 Å². The Kier molecular flexibility index (Phi) is 6.06. The van der Waals surface area contributed by atoms with E-state index in [2.05, 4.69) is 26.6 Å². The average Bonchev–Trinajstić information content (AvgIpc) is 2.51. The summed E-state index contributed by atoms with van der Waals surface area (Å²) in [7, 11) is 0. The standard InChI is InChI=1S/C16H19BrN2O4S/c1-4-22-11-7-9(6-10(17)14(11)20)13-12(15(21)23-5-2)8(3)18-16(24)19-13/h6-7,13,20H,4-5H2,1-3H3,(H2,18,19,24). The smallest absolute Gasteiger partial charge is 0.338 e. The van der Waals surface area contributed by atoms with Crippen LogP contribution in [0.15, 0.2) is 27.9 Å². The predicted octanol–water partition coefficient (Wildman–Crippen LogP) is 2.91. The molecule has 0 aromatic heterocycles. The zero-order chi connectivity index (χ0) is 17.9. The molecule has 1 aliphatic rings. The fourth-order valence-corrected chi connectivity index (χ4v) is 3.18. The van der Waals surface area contributed by atoms with Crippen LogP contribution in [-0.4, -0.2) is 29.4 Å². The minimum Gasteiger partial charge on any atom is -0.503 e.